The predicted molar refractivity (Wildman–Crippen MR) is 55.7 cm³/mol. The van der Waals surface area contributed by atoms with Crippen LogP contribution < -0.4 is 4.74 Å². The summed E-state index contributed by atoms with van der Waals surface area (Å²) in [5.74, 6) is 0.570. The van der Waals surface area contributed by atoms with Crippen molar-refractivity contribution in [3.8, 4) is 5.75 Å². The Bertz CT molecular complexity index is 298. The summed E-state index contributed by atoms with van der Waals surface area (Å²) in [5, 5.41) is 27.0. The normalized spacial score (nSPS) is 14.7. The fourth-order valence-corrected chi connectivity index (χ4v) is 1.11. The Hall–Kier alpha value is -1.10. The van der Waals surface area contributed by atoms with Gasteiger partial charge in [0.2, 0.25) is 0 Å². The molecule has 0 spiro atoms. The van der Waals surface area contributed by atoms with Crippen LogP contribution in [-0.2, 0) is 0 Å². The van der Waals surface area contributed by atoms with E-state index in [9.17, 15) is 5.11 Å². The Morgan fingerprint density at radius 3 is 2.67 bits per heavy atom. The summed E-state index contributed by atoms with van der Waals surface area (Å²) in [6.45, 7) is 1.39. The van der Waals surface area contributed by atoms with Crippen molar-refractivity contribution >= 4 is 0 Å². The molecule has 0 aliphatic heterocycles. The van der Waals surface area contributed by atoms with Gasteiger partial charge >= 0.3 is 0 Å². The lowest BCUT2D eigenvalue weighted by atomic mass is 10.1. The van der Waals surface area contributed by atoms with Crippen LogP contribution in [0.25, 0.3) is 0 Å². The summed E-state index contributed by atoms with van der Waals surface area (Å²) in [6.07, 6.45) is -1.42. The molecule has 1 aromatic rings. The largest absolute Gasteiger partial charge is 0.491 e. The van der Waals surface area contributed by atoms with E-state index in [0.717, 1.165) is 5.56 Å². The lowest BCUT2D eigenvalue weighted by Gasteiger charge is -2.11. The van der Waals surface area contributed by atoms with E-state index in [1.807, 2.05) is 0 Å². The third kappa shape index (κ3) is 3.87. The monoisotopic (exact) mass is 212 g/mol. The topological polar surface area (TPSA) is 69.9 Å². The Balaban J connectivity index is 2.58. The molecule has 0 bridgehead atoms. The number of hydrogen-bond acceptors (Lipinski definition) is 4. The van der Waals surface area contributed by atoms with E-state index in [-0.39, 0.29) is 13.2 Å². The third-order valence-corrected chi connectivity index (χ3v) is 1.99. The second kappa shape index (κ2) is 5.70. The highest BCUT2D eigenvalue weighted by atomic mass is 16.5. The first-order valence-electron chi connectivity index (χ1n) is 4.83. The highest BCUT2D eigenvalue weighted by molar-refractivity contribution is 5.29. The molecule has 0 saturated carbocycles. The highest BCUT2D eigenvalue weighted by Gasteiger charge is 2.05. The van der Waals surface area contributed by atoms with Crippen molar-refractivity contribution in [1.82, 2.24) is 0 Å². The first-order valence-corrected chi connectivity index (χ1v) is 4.83. The van der Waals surface area contributed by atoms with Gasteiger partial charge in [0.1, 0.15) is 18.5 Å². The number of rotatable bonds is 5. The molecule has 4 heteroatoms. The van der Waals surface area contributed by atoms with Gasteiger partial charge in [-0.15, -0.1) is 0 Å². The maximum atomic E-state index is 9.33. The predicted octanol–water partition coefficient (Wildman–Crippen LogP) is 0.472. The van der Waals surface area contributed by atoms with Gasteiger partial charge in [-0.25, -0.2) is 0 Å². The number of ether oxygens (including phenoxy) is 1. The molecule has 0 aliphatic carbocycles. The molecule has 15 heavy (non-hydrogen) atoms. The van der Waals surface area contributed by atoms with Crippen LogP contribution in [-0.4, -0.2) is 34.6 Å². The van der Waals surface area contributed by atoms with Crippen LogP contribution >= 0.6 is 0 Å². The van der Waals surface area contributed by atoms with E-state index < -0.39 is 12.2 Å². The zero-order valence-corrected chi connectivity index (χ0v) is 8.63. The molecule has 84 valence electrons. The lowest BCUT2D eigenvalue weighted by Crippen LogP contribution is -2.21. The second-order valence-electron chi connectivity index (χ2n) is 3.40. The summed E-state index contributed by atoms with van der Waals surface area (Å²) in [6, 6.07) is 6.99. The van der Waals surface area contributed by atoms with Crippen LogP contribution in [0.5, 0.6) is 5.75 Å². The zero-order chi connectivity index (χ0) is 11.3. The van der Waals surface area contributed by atoms with Gasteiger partial charge in [-0.1, -0.05) is 12.1 Å². The molecule has 0 heterocycles. The minimum atomic E-state index is -0.875. The van der Waals surface area contributed by atoms with Crippen molar-refractivity contribution in [2.24, 2.45) is 0 Å². The van der Waals surface area contributed by atoms with Crippen molar-refractivity contribution in [2.75, 3.05) is 13.2 Å². The molecular formula is C11H16O4. The molecule has 0 amide bonds. The Kier molecular flexibility index (Phi) is 4.55. The van der Waals surface area contributed by atoms with Crippen LogP contribution in [0.1, 0.15) is 18.6 Å². The van der Waals surface area contributed by atoms with E-state index in [4.69, 9.17) is 14.9 Å². The Morgan fingerprint density at radius 1 is 1.33 bits per heavy atom. The fraction of sp³-hybridized carbons (Fsp3) is 0.455. The first kappa shape index (κ1) is 12.0. The van der Waals surface area contributed by atoms with E-state index in [2.05, 4.69) is 0 Å². The van der Waals surface area contributed by atoms with Gasteiger partial charge < -0.3 is 20.1 Å². The standard InChI is InChI=1S/C11H16O4/c1-8(13)9-3-2-4-11(5-9)15-7-10(14)6-12/h2-5,8,10,12-14H,6-7H2,1H3/t8-,10?/m0/s1. The van der Waals surface area contributed by atoms with Crippen molar-refractivity contribution in [1.29, 1.82) is 0 Å². The molecule has 0 aliphatic rings. The van der Waals surface area contributed by atoms with Crippen LogP contribution in [0.4, 0.5) is 0 Å². The van der Waals surface area contributed by atoms with E-state index in [1.54, 1.807) is 31.2 Å². The highest BCUT2D eigenvalue weighted by Crippen LogP contribution is 2.18. The number of benzene rings is 1. The lowest BCUT2D eigenvalue weighted by molar-refractivity contribution is 0.0535. The van der Waals surface area contributed by atoms with Crippen molar-refractivity contribution in [3.05, 3.63) is 29.8 Å². The van der Waals surface area contributed by atoms with Gasteiger partial charge in [-0.05, 0) is 24.6 Å². The minimum Gasteiger partial charge on any atom is -0.491 e. The molecule has 0 aromatic heterocycles. The molecule has 2 atom stereocenters. The molecule has 0 fully saturated rings. The van der Waals surface area contributed by atoms with Crippen LogP contribution in [0, 0.1) is 0 Å². The van der Waals surface area contributed by atoms with Crippen LogP contribution in [0.3, 0.4) is 0 Å². The molecule has 1 unspecified atom stereocenters. The van der Waals surface area contributed by atoms with Gasteiger partial charge in [0.25, 0.3) is 0 Å². The average Bonchev–Trinajstić information content (AvgIpc) is 2.26. The van der Waals surface area contributed by atoms with Crippen LogP contribution in [0.2, 0.25) is 0 Å². The third-order valence-electron chi connectivity index (χ3n) is 1.99. The number of hydrogen-bond donors (Lipinski definition) is 3. The van der Waals surface area contributed by atoms with Gasteiger partial charge in [0, 0.05) is 0 Å². The average molecular weight is 212 g/mol. The molecule has 1 rings (SSSR count). The summed E-state index contributed by atoms with van der Waals surface area (Å²) in [5.41, 5.74) is 0.756. The minimum absolute atomic E-state index is 0.0414. The molecule has 0 saturated heterocycles. The first-order chi connectivity index (χ1) is 7.13. The zero-order valence-electron chi connectivity index (χ0n) is 8.63. The SMILES string of the molecule is C[C@H](O)c1cccc(OCC(O)CO)c1. The summed E-state index contributed by atoms with van der Waals surface area (Å²) < 4.78 is 5.23. The maximum Gasteiger partial charge on any atom is 0.119 e. The van der Waals surface area contributed by atoms with Crippen LogP contribution in [0.15, 0.2) is 24.3 Å². The van der Waals surface area contributed by atoms with Gasteiger partial charge in [-0.2, -0.15) is 0 Å². The summed E-state index contributed by atoms with van der Waals surface area (Å²) in [7, 11) is 0. The van der Waals surface area contributed by atoms with Gasteiger partial charge in [-0.3, -0.25) is 0 Å². The maximum absolute atomic E-state index is 9.33. The van der Waals surface area contributed by atoms with Crippen molar-refractivity contribution < 1.29 is 20.1 Å². The van der Waals surface area contributed by atoms with Gasteiger partial charge in [0.15, 0.2) is 0 Å². The fourth-order valence-electron chi connectivity index (χ4n) is 1.11. The molecule has 0 radical (unpaired) electrons. The molecular weight excluding hydrogens is 196 g/mol. The molecule has 4 nitrogen and oxygen atoms in total. The van der Waals surface area contributed by atoms with Crippen molar-refractivity contribution in [3.63, 3.8) is 0 Å². The van der Waals surface area contributed by atoms with E-state index >= 15 is 0 Å². The second-order valence-corrected chi connectivity index (χ2v) is 3.40. The van der Waals surface area contributed by atoms with Crippen molar-refractivity contribution in [2.45, 2.75) is 19.1 Å². The number of aliphatic hydroxyl groups is 3. The Labute approximate surface area is 88.8 Å². The smallest absolute Gasteiger partial charge is 0.119 e. The molecule has 1 aromatic carbocycles. The Morgan fingerprint density at radius 2 is 2.07 bits per heavy atom. The van der Waals surface area contributed by atoms with E-state index in [0.29, 0.717) is 5.75 Å². The van der Waals surface area contributed by atoms with Gasteiger partial charge in [0.05, 0.1) is 12.7 Å². The summed E-state index contributed by atoms with van der Waals surface area (Å²) >= 11 is 0. The summed E-state index contributed by atoms with van der Waals surface area (Å²) in [4.78, 5) is 0. The number of aliphatic hydroxyl groups excluding tert-OH is 3. The van der Waals surface area contributed by atoms with E-state index in [1.165, 1.54) is 0 Å². The quantitative estimate of drug-likeness (QED) is 0.663. The molecule has 3 N–H and O–H groups in total.